The van der Waals surface area contributed by atoms with E-state index in [1.54, 1.807) is 66.7 Å². The number of rotatable bonds is 31. The summed E-state index contributed by atoms with van der Waals surface area (Å²) in [7, 11) is 5.99. The Kier molecular flexibility index (Phi) is 61.7. The number of nitro groups is 1. The first kappa shape index (κ1) is 129. The van der Waals surface area contributed by atoms with Gasteiger partial charge >= 0.3 is 87.8 Å². The molecule has 0 saturated heterocycles. The van der Waals surface area contributed by atoms with Gasteiger partial charge in [-0.25, -0.2) is 24.0 Å². The van der Waals surface area contributed by atoms with Gasteiger partial charge in [-0.15, -0.1) is 26.3 Å². The van der Waals surface area contributed by atoms with Gasteiger partial charge in [0.1, 0.15) is 116 Å². The van der Waals surface area contributed by atoms with Crippen molar-refractivity contribution in [2.24, 2.45) is 0 Å². The van der Waals surface area contributed by atoms with Crippen molar-refractivity contribution in [3.8, 4) is 74.7 Å². The van der Waals surface area contributed by atoms with Crippen LogP contribution in [0.15, 0.2) is 93.1 Å². The summed E-state index contributed by atoms with van der Waals surface area (Å²) >= 11 is 29.3. The molecule has 6 aromatic carbocycles. The Balaban J connectivity index is -0.000000755. The van der Waals surface area contributed by atoms with Crippen molar-refractivity contribution in [2.45, 2.75) is 194 Å². The molecule has 0 saturated carbocycles. The number of esters is 6. The molecule has 6 aromatic rings. The SMILES string of the molecule is C=CCBr.C=CCCc1c(Cl)c(O)cc(O)c1C(=O)O.C=CCCc1c(Cl)c(O)cc(O)c1C(=O)OC.C=CCCc1c(Cl)c(O)cc(O)c1C(=O)OC(C)Cc1c(OC)c(OC)cc([N+](=O)[O-])c1OC.CC[CH2][Sn].COC(=O)CC(C)=O.COC(=O)CC(C)=O.COC(=O)c1c(C)cc(O)cc1O.COC(=O)c1c(O[Si](C)(C)C(C)(C)C)cc(O[Si](C)(C)C(C)(C)C)c(Cl)c1C.[Li]. The van der Waals surface area contributed by atoms with Crippen LogP contribution < -0.4 is 23.1 Å². The van der Waals surface area contributed by atoms with Gasteiger partial charge < -0.3 is 97.4 Å². The van der Waals surface area contributed by atoms with E-state index in [1.807, 2.05) is 6.92 Å². The third kappa shape index (κ3) is 42.3. The number of alkyl halides is 1. The summed E-state index contributed by atoms with van der Waals surface area (Å²) in [5, 5.41) is 98.3. The second-order valence-electron chi connectivity index (χ2n) is 31.0. The smallest absolute Gasteiger partial charge is 0.341 e. The van der Waals surface area contributed by atoms with Gasteiger partial charge in [-0.3, -0.25) is 29.3 Å². The molecule has 0 fully saturated rings. The number of benzene rings is 6. The molecule has 0 heterocycles. The number of carboxylic acid groups (broad SMARTS) is 1. The fourth-order valence-electron chi connectivity index (χ4n) is 10.2. The molecule has 133 heavy (non-hydrogen) atoms. The zero-order chi connectivity index (χ0) is 103. The van der Waals surface area contributed by atoms with Gasteiger partial charge in [0.15, 0.2) is 11.5 Å². The molecule has 4 radical (unpaired) electrons. The Bertz CT molecular complexity index is 4920. The third-order valence-electron chi connectivity index (χ3n) is 18.9. The van der Waals surface area contributed by atoms with E-state index in [9.17, 15) is 89.0 Å². The summed E-state index contributed by atoms with van der Waals surface area (Å²) in [6.07, 6.45) is 9.30. The van der Waals surface area contributed by atoms with Crippen LogP contribution in [0.4, 0.5) is 5.69 Å². The van der Waals surface area contributed by atoms with Crippen LogP contribution in [0.1, 0.15) is 193 Å². The molecular formula is C92H125BrCl4LiNO31Si2Sn. The van der Waals surface area contributed by atoms with Gasteiger partial charge in [0, 0.05) is 60.9 Å². The molecule has 0 aliphatic rings. The summed E-state index contributed by atoms with van der Waals surface area (Å²) in [5.41, 5.74) is 1.78. The van der Waals surface area contributed by atoms with E-state index >= 15 is 0 Å². The number of hydrogen-bond acceptors (Lipinski definition) is 30. The summed E-state index contributed by atoms with van der Waals surface area (Å²) in [5.74, 6) is -6.57. The number of halogens is 5. The topological polar surface area (TPSA) is 480 Å². The molecule has 732 valence electrons. The first-order valence-corrected chi connectivity index (χ1v) is 50.5. The number of methoxy groups -OCH3 is 8. The number of ether oxygens (including phenoxy) is 9. The Morgan fingerprint density at radius 2 is 0.842 bits per heavy atom. The number of ketones is 2. The Hall–Kier alpha value is -9.82. The average molecular weight is 2140 g/mol. The van der Waals surface area contributed by atoms with E-state index in [-0.39, 0.29) is 178 Å². The molecule has 0 aliphatic carbocycles. The van der Waals surface area contributed by atoms with Gasteiger partial charge in [-0.1, -0.05) is 128 Å². The molecule has 0 aromatic heterocycles. The number of aryl methyl sites for hydroxylation is 1. The van der Waals surface area contributed by atoms with Gasteiger partial charge in [0.2, 0.25) is 5.75 Å². The maximum absolute atomic E-state index is 13.0. The molecule has 0 amide bonds. The van der Waals surface area contributed by atoms with E-state index in [1.165, 1.54) is 93.7 Å². The summed E-state index contributed by atoms with van der Waals surface area (Å²) in [4.78, 5) is 111. The Morgan fingerprint density at radius 1 is 0.496 bits per heavy atom. The fraction of sp³-hybridized carbons (Fsp3) is 0.424. The normalized spacial score (nSPS) is 10.6. The predicted octanol–water partition coefficient (Wildman–Crippen LogP) is 20.7. The predicted molar refractivity (Wildman–Crippen MR) is 524 cm³/mol. The number of hydrogen-bond donors (Lipinski definition) is 9. The second kappa shape index (κ2) is 63.4. The number of carboxylic acids is 1. The maximum Gasteiger partial charge on any atom is 0.341 e. The minimum absolute atomic E-state index is 0. The van der Waals surface area contributed by atoms with Crippen molar-refractivity contribution in [3.63, 3.8) is 0 Å². The number of aromatic hydroxyl groups is 8. The minimum atomic E-state index is -2.19. The van der Waals surface area contributed by atoms with Crippen molar-refractivity contribution >= 4 is 179 Å². The maximum atomic E-state index is 13.0. The van der Waals surface area contributed by atoms with Gasteiger partial charge in [-0.2, -0.15) is 0 Å². The summed E-state index contributed by atoms with van der Waals surface area (Å²) < 4.78 is 58.2. The molecule has 6 rings (SSSR count). The number of nitro benzene ring substituents is 1. The third-order valence-corrected chi connectivity index (χ3v) is 31.2. The molecule has 0 spiro atoms. The Labute approximate surface area is 834 Å². The largest absolute Gasteiger partial charge is 0.543 e. The molecule has 0 aliphatic heterocycles. The van der Waals surface area contributed by atoms with Crippen molar-refractivity contribution < 1.29 is 146 Å². The van der Waals surface area contributed by atoms with Crippen LogP contribution in [0.5, 0.6) is 74.7 Å². The number of phenols is 8. The van der Waals surface area contributed by atoms with E-state index in [2.05, 4.69) is 136 Å². The molecule has 32 nitrogen and oxygen atoms in total. The number of allylic oxidation sites excluding steroid dienone is 4. The number of nitrogens with zero attached hydrogens (tertiary/aromatic N) is 1. The van der Waals surface area contributed by atoms with Crippen LogP contribution in [0.25, 0.3) is 0 Å². The molecule has 1 atom stereocenters. The molecular weight excluding hydrogens is 2020 g/mol. The zero-order valence-electron chi connectivity index (χ0n) is 80.1. The summed E-state index contributed by atoms with van der Waals surface area (Å²) in [6.45, 7) is 45.6. The fourth-order valence-corrected chi connectivity index (χ4v) is 13.2. The molecule has 0 bridgehead atoms. The van der Waals surface area contributed by atoms with Crippen LogP contribution in [-0.4, -0.2) is 231 Å². The molecule has 1 unspecified atom stereocenters. The minimum Gasteiger partial charge on any atom is -0.543 e. The van der Waals surface area contributed by atoms with Gasteiger partial charge in [0.05, 0.1) is 93.5 Å². The number of carbonyl (C=O) groups excluding carboxylic acids is 8. The van der Waals surface area contributed by atoms with Crippen molar-refractivity contribution in [3.05, 3.63) is 184 Å². The van der Waals surface area contributed by atoms with E-state index in [0.717, 1.165) is 29.6 Å². The van der Waals surface area contributed by atoms with Gasteiger partial charge in [-0.05, 0) is 143 Å². The van der Waals surface area contributed by atoms with Crippen molar-refractivity contribution in [1.82, 2.24) is 0 Å². The van der Waals surface area contributed by atoms with Gasteiger partial charge in [0.25, 0.3) is 16.6 Å². The van der Waals surface area contributed by atoms with Crippen molar-refractivity contribution in [1.29, 1.82) is 0 Å². The van der Waals surface area contributed by atoms with Crippen LogP contribution in [0.3, 0.4) is 0 Å². The number of carbonyl (C=O) groups is 9. The number of phenolic OH excluding ortho intramolecular Hbond substituents is 7. The summed E-state index contributed by atoms with van der Waals surface area (Å²) in [6, 6.07) is 8.33. The van der Waals surface area contributed by atoms with E-state index < -0.39 is 80.9 Å². The molecule has 9 N–H and O–H groups in total. The van der Waals surface area contributed by atoms with Crippen LogP contribution in [0, 0.1) is 24.0 Å². The van der Waals surface area contributed by atoms with Crippen molar-refractivity contribution in [2.75, 3.05) is 62.2 Å². The zero-order valence-corrected chi connectivity index (χ0v) is 89.5. The standard InChI is InChI=1S/C23H26ClNO9.C21H37ClO4Si2.C12H13ClO4.C11H11ClO4.C9H10O4.2C5H8O3.C3H5Br.C3H7.Li.Sn/c1-6-7-8-13-19(16(26)11-17(27)20(13)24)23(28)34-12(2)9-14-21(32-4)15(25(29)30)10-18(31-3)22(14)33-5;1-14-17(19(23)24-8)15(25-27(9,10)20(2,3)4)13-16(18(14)22)26-28(11,12)21(5,6)7;1-3-4-5-7-10(12(16)17-2)8(14)6-9(15)11(7)13;1-2-3-4-6-9(11(15)16)7(13)5-8(14)10(6)12;1-5-3-6(10)4-7(11)8(5)9(12)13-2;2*1-4(6)3-5(7)8-2;1-2-3-4;1-3-2;;/h6,10-12,26-27H,1,7-9H2,2-5H3;13H,1-12H3;3,6,14-15H,1,4-5H2,2H3;2,5,13-14H,1,3-4H2,(H,15,16);3-4,10-11H,1-2H3;2*3H2,1-2H3;2H,1,3H2;1,3H2,2H3;;. The Morgan fingerprint density at radius 3 is 1.14 bits per heavy atom. The number of Topliss-reactive ketones (excluding diaryl/α,β-unsaturated/α-hetero) is 2. The second-order valence-corrected chi connectivity index (χ2v) is 44.0. The first-order valence-electron chi connectivity index (χ1n) is 40.0. The van der Waals surface area contributed by atoms with E-state index in [4.69, 9.17) is 89.2 Å². The first-order chi connectivity index (χ1) is 61.2. The monoisotopic (exact) mass is 2140 g/mol. The van der Waals surface area contributed by atoms with Crippen LogP contribution in [0.2, 0.25) is 60.8 Å². The molecule has 41 heteroatoms. The van der Waals surface area contributed by atoms with Crippen LogP contribution in [-0.2, 0) is 73.3 Å². The van der Waals surface area contributed by atoms with Crippen LogP contribution >= 0.6 is 62.3 Å². The quantitative estimate of drug-likeness (QED) is 0.00285. The number of aromatic carboxylic acids is 1. The van der Waals surface area contributed by atoms with E-state index in [0.29, 0.717) is 70.9 Å². The average Bonchev–Trinajstić information content (AvgIpc) is 0.759.